The molecule has 1 rings (SSSR count). The highest BCUT2D eigenvalue weighted by atomic mass is 16.1. The molecule has 1 aromatic rings. The number of aromatic nitrogens is 1. The summed E-state index contributed by atoms with van der Waals surface area (Å²) >= 11 is 0. The van der Waals surface area contributed by atoms with Crippen molar-refractivity contribution in [1.29, 1.82) is 0 Å². The number of hydrogen-bond acceptors (Lipinski definition) is 3. The second-order valence-corrected chi connectivity index (χ2v) is 4.51. The third-order valence-electron chi connectivity index (χ3n) is 2.82. The Hall–Kier alpha value is -1.42. The van der Waals surface area contributed by atoms with Crippen LogP contribution < -0.4 is 5.32 Å². The lowest BCUT2D eigenvalue weighted by Gasteiger charge is -2.16. The van der Waals surface area contributed by atoms with E-state index in [1.165, 1.54) is 5.56 Å². The van der Waals surface area contributed by atoms with Crippen LogP contribution in [-0.4, -0.2) is 42.5 Å². The normalized spacial score (nSPS) is 10.6. The number of amides is 1. The third kappa shape index (κ3) is 6.35. The lowest BCUT2D eigenvalue weighted by Crippen LogP contribution is -2.30. The minimum absolute atomic E-state index is 0.146. The Bertz CT molecular complexity index is 340. The van der Waals surface area contributed by atoms with Gasteiger partial charge in [0.05, 0.1) is 0 Å². The molecule has 0 aliphatic rings. The molecule has 0 aliphatic heterocycles. The highest BCUT2D eigenvalue weighted by Crippen LogP contribution is 1.99. The number of carbonyl (C=O) groups is 1. The first kappa shape index (κ1) is 14.6. The van der Waals surface area contributed by atoms with Gasteiger partial charge in [-0.15, -0.1) is 0 Å². The summed E-state index contributed by atoms with van der Waals surface area (Å²) in [5.74, 6) is 0.146. The first-order chi connectivity index (χ1) is 8.72. The molecule has 1 N–H and O–H groups in total. The van der Waals surface area contributed by atoms with Crippen molar-refractivity contribution in [2.45, 2.75) is 26.2 Å². The van der Waals surface area contributed by atoms with E-state index in [9.17, 15) is 4.79 Å². The first-order valence-electron chi connectivity index (χ1n) is 6.56. The van der Waals surface area contributed by atoms with Crippen molar-refractivity contribution in [3.05, 3.63) is 30.1 Å². The van der Waals surface area contributed by atoms with E-state index in [4.69, 9.17) is 0 Å². The minimum atomic E-state index is 0.146. The Kier molecular flexibility index (Phi) is 7.03. The number of pyridine rings is 1. The molecule has 1 aromatic heterocycles. The predicted octanol–water partition coefficient (Wildman–Crippen LogP) is 1.47. The topological polar surface area (TPSA) is 45.2 Å². The number of likely N-dealkylation sites (N-methyl/N-ethyl adjacent to an activating group) is 1. The number of nitrogens with zero attached hydrogens (tertiary/aromatic N) is 2. The molecule has 0 spiro atoms. The van der Waals surface area contributed by atoms with Crippen molar-refractivity contribution < 1.29 is 4.79 Å². The number of nitrogens with one attached hydrogen (secondary N) is 1. The largest absolute Gasteiger partial charge is 0.356 e. The van der Waals surface area contributed by atoms with Crippen molar-refractivity contribution in [1.82, 2.24) is 15.2 Å². The number of rotatable bonds is 8. The molecule has 18 heavy (non-hydrogen) atoms. The van der Waals surface area contributed by atoms with Crippen LogP contribution in [0.15, 0.2) is 24.5 Å². The van der Waals surface area contributed by atoms with Gasteiger partial charge in [0.25, 0.3) is 0 Å². The van der Waals surface area contributed by atoms with Gasteiger partial charge in [-0.05, 0) is 37.6 Å². The van der Waals surface area contributed by atoms with Crippen LogP contribution in [0.3, 0.4) is 0 Å². The van der Waals surface area contributed by atoms with Crippen LogP contribution in [0.2, 0.25) is 0 Å². The van der Waals surface area contributed by atoms with E-state index in [0.29, 0.717) is 6.42 Å². The molecule has 4 heteroatoms. The highest BCUT2D eigenvalue weighted by Gasteiger charge is 2.04. The average molecular weight is 249 g/mol. The summed E-state index contributed by atoms with van der Waals surface area (Å²) in [4.78, 5) is 17.6. The van der Waals surface area contributed by atoms with E-state index >= 15 is 0 Å². The van der Waals surface area contributed by atoms with Crippen molar-refractivity contribution in [3.8, 4) is 0 Å². The van der Waals surface area contributed by atoms with Crippen LogP contribution in [0.5, 0.6) is 0 Å². The zero-order valence-electron chi connectivity index (χ0n) is 11.4. The van der Waals surface area contributed by atoms with E-state index in [1.54, 1.807) is 0 Å². The Morgan fingerprint density at radius 3 is 2.72 bits per heavy atom. The Labute approximate surface area is 109 Å². The van der Waals surface area contributed by atoms with Gasteiger partial charge in [0, 0.05) is 38.4 Å². The molecule has 0 bridgehead atoms. The lowest BCUT2D eigenvalue weighted by molar-refractivity contribution is -0.121. The number of carbonyl (C=O) groups excluding carboxylic acids is 1. The molecule has 1 heterocycles. The second-order valence-electron chi connectivity index (χ2n) is 4.51. The number of hydrogen-bond donors (Lipinski definition) is 1. The summed E-state index contributed by atoms with van der Waals surface area (Å²) < 4.78 is 0. The van der Waals surface area contributed by atoms with Gasteiger partial charge < -0.3 is 10.2 Å². The van der Waals surface area contributed by atoms with Crippen LogP contribution in [-0.2, 0) is 11.2 Å². The van der Waals surface area contributed by atoms with Gasteiger partial charge in [-0.1, -0.05) is 6.92 Å². The molecule has 0 aromatic carbocycles. The SMILES string of the molecule is CCCNC(=O)CCN(C)CCc1ccncc1. The van der Waals surface area contributed by atoms with Gasteiger partial charge in [0.1, 0.15) is 0 Å². The van der Waals surface area contributed by atoms with Crippen LogP contribution in [0.1, 0.15) is 25.3 Å². The summed E-state index contributed by atoms with van der Waals surface area (Å²) in [6.45, 7) is 4.60. The monoisotopic (exact) mass is 249 g/mol. The minimum Gasteiger partial charge on any atom is -0.356 e. The van der Waals surface area contributed by atoms with Gasteiger partial charge >= 0.3 is 0 Å². The van der Waals surface area contributed by atoms with E-state index in [-0.39, 0.29) is 5.91 Å². The smallest absolute Gasteiger partial charge is 0.221 e. The Morgan fingerprint density at radius 1 is 1.33 bits per heavy atom. The van der Waals surface area contributed by atoms with Gasteiger partial charge in [0.2, 0.25) is 5.91 Å². The highest BCUT2D eigenvalue weighted by molar-refractivity contribution is 5.75. The van der Waals surface area contributed by atoms with Crippen molar-refractivity contribution in [2.24, 2.45) is 0 Å². The van der Waals surface area contributed by atoms with E-state index in [0.717, 1.165) is 32.5 Å². The molecule has 1 amide bonds. The molecule has 0 radical (unpaired) electrons. The zero-order chi connectivity index (χ0) is 13.2. The van der Waals surface area contributed by atoms with Gasteiger partial charge in [-0.25, -0.2) is 0 Å². The van der Waals surface area contributed by atoms with Crippen molar-refractivity contribution >= 4 is 5.91 Å². The molecule has 0 saturated carbocycles. The van der Waals surface area contributed by atoms with E-state index in [2.05, 4.69) is 22.1 Å². The molecule has 0 atom stereocenters. The van der Waals surface area contributed by atoms with Crippen molar-refractivity contribution in [2.75, 3.05) is 26.7 Å². The fourth-order valence-corrected chi connectivity index (χ4v) is 1.63. The van der Waals surface area contributed by atoms with Crippen LogP contribution in [0.4, 0.5) is 0 Å². The zero-order valence-corrected chi connectivity index (χ0v) is 11.4. The van der Waals surface area contributed by atoms with Crippen molar-refractivity contribution in [3.63, 3.8) is 0 Å². The molecule has 0 unspecified atom stereocenters. The molecule has 0 fully saturated rings. The maximum absolute atomic E-state index is 11.4. The maximum atomic E-state index is 11.4. The van der Waals surface area contributed by atoms with Crippen LogP contribution in [0.25, 0.3) is 0 Å². The molecular formula is C14H23N3O. The molecule has 100 valence electrons. The summed E-state index contributed by atoms with van der Waals surface area (Å²) in [6.07, 6.45) is 6.19. The van der Waals surface area contributed by atoms with Gasteiger partial charge in [-0.2, -0.15) is 0 Å². The maximum Gasteiger partial charge on any atom is 0.221 e. The lowest BCUT2D eigenvalue weighted by atomic mass is 10.2. The predicted molar refractivity (Wildman–Crippen MR) is 73.4 cm³/mol. The molecule has 0 aliphatic carbocycles. The Morgan fingerprint density at radius 2 is 2.06 bits per heavy atom. The summed E-state index contributed by atoms with van der Waals surface area (Å²) in [6, 6.07) is 4.06. The van der Waals surface area contributed by atoms with Crippen LogP contribution in [0, 0.1) is 0 Å². The fraction of sp³-hybridized carbons (Fsp3) is 0.571. The third-order valence-corrected chi connectivity index (χ3v) is 2.82. The fourth-order valence-electron chi connectivity index (χ4n) is 1.63. The average Bonchev–Trinajstić information content (AvgIpc) is 2.41. The van der Waals surface area contributed by atoms with Gasteiger partial charge in [0.15, 0.2) is 0 Å². The van der Waals surface area contributed by atoms with Crippen LogP contribution >= 0.6 is 0 Å². The van der Waals surface area contributed by atoms with E-state index < -0.39 is 0 Å². The second kappa shape index (κ2) is 8.64. The summed E-state index contributed by atoms with van der Waals surface area (Å²) in [5, 5.41) is 2.89. The molecular weight excluding hydrogens is 226 g/mol. The molecule has 0 saturated heterocycles. The quantitative estimate of drug-likeness (QED) is 0.759. The summed E-state index contributed by atoms with van der Waals surface area (Å²) in [7, 11) is 2.05. The molecule has 4 nitrogen and oxygen atoms in total. The standard InChI is InChI=1S/C14H23N3O/c1-3-8-16-14(18)7-12-17(2)11-6-13-4-9-15-10-5-13/h4-5,9-10H,3,6-8,11-12H2,1-2H3,(H,16,18). The Balaban J connectivity index is 2.14. The van der Waals surface area contributed by atoms with E-state index in [1.807, 2.05) is 31.6 Å². The first-order valence-corrected chi connectivity index (χ1v) is 6.56. The van der Waals surface area contributed by atoms with Gasteiger partial charge in [-0.3, -0.25) is 9.78 Å². The summed E-state index contributed by atoms with van der Waals surface area (Å²) in [5.41, 5.74) is 1.28.